The van der Waals surface area contributed by atoms with Gasteiger partial charge in [-0.3, -0.25) is 4.79 Å². The Kier molecular flexibility index (Phi) is 4.01. The number of amides is 1. The lowest BCUT2D eigenvalue weighted by Gasteiger charge is -2.21. The molecule has 2 aliphatic heterocycles. The number of hydrogen-bond donors (Lipinski definition) is 2. The average molecular weight is 349 g/mol. The van der Waals surface area contributed by atoms with Crippen molar-refractivity contribution in [1.82, 2.24) is 10.6 Å². The molecular weight excluding hydrogens is 332 g/mol. The van der Waals surface area contributed by atoms with E-state index in [0.29, 0.717) is 28.4 Å². The fourth-order valence-electron chi connectivity index (χ4n) is 3.37. The first-order valence-electron chi connectivity index (χ1n) is 7.76. The van der Waals surface area contributed by atoms with Crippen LogP contribution >= 0.6 is 22.9 Å². The van der Waals surface area contributed by atoms with Gasteiger partial charge < -0.3 is 15.4 Å². The highest BCUT2D eigenvalue weighted by Crippen LogP contribution is 2.31. The van der Waals surface area contributed by atoms with Crippen molar-refractivity contribution >= 4 is 28.8 Å². The van der Waals surface area contributed by atoms with Gasteiger partial charge in [-0.2, -0.15) is 0 Å². The quantitative estimate of drug-likeness (QED) is 0.883. The van der Waals surface area contributed by atoms with Crippen molar-refractivity contribution in [1.29, 1.82) is 0 Å². The van der Waals surface area contributed by atoms with Crippen LogP contribution in [0.3, 0.4) is 0 Å². The molecule has 6 heteroatoms. The first-order valence-corrected chi connectivity index (χ1v) is 9.02. The van der Waals surface area contributed by atoms with E-state index in [-0.39, 0.29) is 11.9 Å². The van der Waals surface area contributed by atoms with Crippen molar-refractivity contribution in [2.75, 3.05) is 0 Å². The highest BCUT2D eigenvalue weighted by molar-refractivity contribution is 7.12. The Hall–Kier alpha value is -1.56. The number of carbonyl (C=O) groups is 1. The molecule has 0 radical (unpaired) electrons. The SMILES string of the molecule is O=C(NC1CC2CCC1N2)c1ccc(Oc2cc(Cl)cs2)cc1. The molecule has 0 aliphatic carbocycles. The van der Waals surface area contributed by atoms with Gasteiger partial charge in [-0.15, -0.1) is 11.3 Å². The molecule has 3 heterocycles. The van der Waals surface area contributed by atoms with E-state index in [2.05, 4.69) is 10.6 Å². The van der Waals surface area contributed by atoms with Crippen molar-refractivity contribution < 1.29 is 9.53 Å². The molecule has 2 bridgehead atoms. The van der Waals surface area contributed by atoms with Crippen LogP contribution < -0.4 is 15.4 Å². The Morgan fingerprint density at radius 2 is 2.13 bits per heavy atom. The molecule has 4 rings (SSSR count). The first kappa shape index (κ1) is 15.0. The van der Waals surface area contributed by atoms with E-state index in [1.54, 1.807) is 18.2 Å². The Balaban J connectivity index is 1.38. The standard InChI is InChI=1S/C17H17ClN2O2S/c18-11-7-16(23-9-11)22-13-4-1-10(2-5-13)17(21)20-15-8-12-3-6-14(15)19-12/h1-2,4-5,7,9,12,14-15,19H,3,6,8H2,(H,20,21). The van der Waals surface area contributed by atoms with Gasteiger partial charge in [-0.05, 0) is 43.5 Å². The van der Waals surface area contributed by atoms with Crippen LogP contribution in [0.15, 0.2) is 35.7 Å². The molecule has 23 heavy (non-hydrogen) atoms. The monoisotopic (exact) mass is 348 g/mol. The van der Waals surface area contributed by atoms with Crippen molar-refractivity contribution in [3.05, 3.63) is 46.3 Å². The molecule has 2 saturated heterocycles. The number of halogens is 1. The van der Waals surface area contributed by atoms with Crippen molar-refractivity contribution in [3.63, 3.8) is 0 Å². The van der Waals surface area contributed by atoms with Crippen LogP contribution in [0.1, 0.15) is 29.6 Å². The van der Waals surface area contributed by atoms with Crippen LogP contribution in [0.25, 0.3) is 0 Å². The molecule has 1 amide bonds. The summed E-state index contributed by atoms with van der Waals surface area (Å²) in [6, 6.07) is 10.2. The minimum absolute atomic E-state index is 0.0185. The largest absolute Gasteiger partial charge is 0.447 e. The summed E-state index contributed by atoms with van der Waals surface area (Å²) in [4.78, 5) is 12.4. The summed E-state index contributed by atoms with van der Waals surface area (Å²) in [5.41, 5.74) is 0.657. The Bertz CT molecular complexity index is 716. The predicted molar refractivity (Wildman–Crippen MR) is 91.7 cm³/mol. The van der Waals surface area contributed by atoms with Gasteiger partial charge in [0.25, 0.3) is 5.91 Å². The molecule has 1 aromatic carbocycles. The zero-order chi connectivity index (χ0) is 15.8. The van der Waals surface area contributed by atoms with E-state index in [1.165, 1.54) is 17.8 Å². The molecule has 2 N–H and O–H groups in total. The van der Waals surface area contributed by atoms with Gasteiger partial charge in [-0.25, -0.2) is 0 Å². The van der Waals surface area contributed by atoms with Crippen LogP contribution in [0.2, 0.25) is 5.02 Å². The highest BCUT2D eigenvalue weighted by atomic mass is 35.5. The lowest BCUT2D eigenvalue weighted by atomic mass is 9.95. The summed E-state index contributed by atoms with van der Waals surface area (Å²) in [5, 5.41) is 9.90. The summed E-state index contributed by atoms with van der Waals surface area (Å²) in [7, 11) is 0. The van der Waals surface area contributed by atoms with Crippen LogP contribution in [-0.2, 0) is 0 Å². The molecule has 2 aromatic rings. The average Bonchev–Trinajstić information content (AvgIpc) is 3.25. The van der Waals surface area contributed by atoms with Gasteiger partial charge in [0, 0.05) is 35.1 Å². The summed E-state index contributed by atoms with van der Waals surface area (Å²) in [5.74, 6) is 0.678. The van der Waals surface area contributed by atoms with E-state index in [0.717, 1.165) is 17.9 Å². The highest BCUT2D eigenvalue weighted by Gasteiger charge is 2.39. The van der Waals surface area contributed by atoms with E-state index < -0.39 is 0 Å². The van der Waals surface area contributed by atoms with Crippen LogP contribution in [0.5, 0.6) is 10.8 Å². The third-order valence-electron chi connectivity index (χ3n) is 4.49. The van der Waals surface area contributed by atoms with Crippen LogP contribution in [0, 0.1) is 0 Å². The maximum atomic E-state index is 12.4. The molecule has 120 valence electrons. The molecule has 2 fully saturated rings. The number of nitrogens with one attached hydrogen (secondary N) is 2. The second kappa shape index (κ2) is 6.15. The lowest BCUT2D eigenvalue weighted by Crippen LogP contribution is -2.42. The molecule has 0 saturated carbocycles. The van der Waals surface area contributed by atoms with Crippen LogP contribution in [-0.4, -0.2) is 24.0 Å². The fraction of sp³-hybridized carbons (Fsp3) is 0.353. The molecule has 2 aliphatic rings. The summed E-state index contributed by atoms with van der Waals surface area (Å²) in [6.07, 6.45) is 3.43. The van der Waals surface area contributed by atoms with Gasteiger partial charge in [0.05, 0.1) is 5.02 Å². The number of ether oxygens (including phenoxy) is 1. The molecule has 3 unspecified atom stereocenters. The van der Waals surface area contributed by atoms with Gasteiger partial charge in [0.15, 0.2) is 5.06 Å². The van der Waals surface area contributed by atoms with E-state index >= 15 is 0 Å². The summed E-state index contributed by atoms with van der Waals surface area (Å²) >= 11 is 7.32. The van der Waals surface area contributed by atoms with Gasteiger partial charge >= 0.3 is 0 Å². The zero-order valence-corrected chi connectivity index (χ0v) is 14.0. The Labute approximate surface area is 143 Å². The predicted octanol–water partition coefficient (Wildman–Crippen LogP) is 3.82. The summed E-state index contributed by atoms with van der Waals surface area (Å²) < 4.78 is 5.70. The maximum Gasteiger partial charge on any atom is 0.251 e. The van der Waals surface area contributed by atoms with Crippen molar-refractivity contribution in [2.24, 2.45) is 0 Å². The van der Waals surface area contributed by atoms with Crippen LogP contribution in [0.4, 0.5) is 0 Å². The number of rotatable bonds is 4. The Morgan fingerprint density at radius 1 is 1.30 bits per heavy atom. The zero-order valence-electron chi connectivity index (χ0n) is 12.4. The lowest BCUT2D eigenvalue weighted by molar-refractivity contribution is 0.0931. The normalized spacial score (nSPS) is 25.5. The van der Waals surface area contributed by atoms with Crippen molar-refractivity contribution in [3.8, 4) is 10.8 Å². The number of benzene rings is 1. The fourth-order valence-corrected chi connectivity index (χ4v) is 4.31. The number of hydrogen-bond acceptors (Lipinski definition) is 4. The molecule has 1 aromatic heterocycles. The van der Waals surface area contributed by atoms with Gasteiger partial charge in [-0.1, -0.05) is 11.6 Å². The topological polar surface area (TPSA) is 50.4 Å². The number of fused-ring (bicyclic) bond motifs is 2. The minimum Gasteiger partial charge on any atom is -0.447 e. The third-order valence-corrected chi connectivity index (χ3v) is 5.65. The number of carbonyl (C=O) groups excluding carboxylic acids is 1. The first-order chi connectivity index (χ1) is 11.2. The number of thiophene rings is 1. The van der Waals surface area contributed by atoms with Crippen molar-refractivity contribution in [2.45, 2.75) is 37.4 Å². The molecular formula is C17H17ClN2O2S. The van der Waals surface area contributed by atoms with E-state index in [9.17, 15) is 4.79 Å². The van der Waals surface area contributed by atoms with E-state index in [4.69, 9.17) is 16.3 Å². The second-order valence-corrected chi connectivity index (χ2v) is 7.38. The summed E-state index contributed by atoms with van der Waals surface area (Å²) in [6.45, 7) is 0. The maximum absolute atomic E-state index is 12.4. The smallest absolute Gasteiger partial charge is 0.251 e. The van der Waals surface area contributed by atoms with Gasteiger partial charge in [0.2, 0.25) is 0 Å². The van der Waals surface area contributed by atoms with E-state index in [1.807, 2.05) is 17.5 Å². The Morgan fingerprint density at radius 3 is 2.74 bits per heavy atom. The third kappa shape index (κ3) is 3.22. The molecule has 0 spiro atoms. The molecule has 4 nitrogen and oxygen atoms in total. The second-order valence-electron chi connectivity index (χ2n) is 6.07. The minimum atomic E-state index is -0.0185. The molecule has 3 atom stereocenters. The van der Waals surface area contributed by atoms with Gasteiger partial charge in [0.1, 0.15) is 5.75 Å².